The van der Waals surface area contributed by atoms with E-state index in [2.05, 4.69) is 5.32 Å². The van der Waals surface area contributed by atoms with Crippen molar-refractivity contribution in [1.82, 2.24) is 10.2 Å². The minimum atomic E-state index is -0.499. The Labute approximate surface area is 145 Å². The van der Waals surface area contributed by atoms with Crippen LogP contribution >= 0.6 is 0 Å². The van der Waals surface area contributed by atoms with Crippen molar-refractivity contribution in [2.75, 3.05) is 26.4 Å². The van der Waals surface area contributed by atoms with E-state index in [-0.39, 0.29) is 30.2 Å². The van der Waals surface area contributed by atoms with Gasteiger partial charge in [0.05, 0.1) is 25.2 Å². The van der Waals surface area contributed by atoms with E-state index in [1.165, 1.54) is 6.07 Å². The summed E-state index contributed by atoms with van der Waals surface area (Å²) >= 11 is 0. The van der Waals surface area contributed by atoms with Gasteiger partial charge in [0.15, 0.2) is 0 Å². The summed E-state index contributed by atoms with van der Waals surface area (Å²) in [7, 11) is 0. The fourth-order valence-electron chi connectivity index (χ4n) is 3.05. The Hall–Kier alpha value is -2.38. The lowest BCUT2D eigenvalue weighted by atomic mass is 9.97. The summed E-state index contributed by atoms with van der Waals surface area (Å²) in [4.78, 5) is 14.1. The van der Waals surface area contributed by atoms with E-state index in [1.54, 1.807) is 6.08 Å². The van der Waals surface area contributed by atoms with Gasteiger partial charge in [0.2, 0.25) is 5.91 Å². The molecule has 1 aromatic carbocycles. The highest BCUT2D eigenvalue weighted by atomic mass is 19.1. The smallest absolute Gasteiger partial charge is 0.228 e. The maximum absolute atomic E-state index is 13.2. The number of nitrogens with zero attached hydrogens (tertiary/aromatic N) is 1. The predicted octanol–water partition coefficient (Wildman–Crippen LogP) is 1.05. The Morgan fingerprint density at radius 2 is 2.28 bits per heavy atom. The van der Waals surface area contributed by atoms with Gasteiger partial charge in [0.25, 0.3) is 0 Å². The van der Waals surface area contributed by atoms with Crippen LogP contribution in [0.25, 0.3) is 0 Å². The van der Waals surface area contributed by atoms with Gasteiger partial charge in [-0.2, -0.15) is 0 Å². The van der Waals surface area contributed by atoms with E-state index in [9.17, 15) is 19.4 Å². The molecule has 3 rings (SSSR count). The van der Waals surface area contributed by atoms with Crippen molar-refractivity contribution < 1.29 is 24.1 Å². The van der Waals surface area contributed by atoms with Crippen molar-refractivity contribution in [1.29, 1.82) is 0 Å². The Balaban J connectivity index is 1.58. The minimum Gasteiger partial charge on any atom is -0.508 e. The van der Waals surface area contributed by atoms with E-state index in [0.29, 0.717) is 25.5 Å². The number of benzene rings is 1. The van der Waals surface area contributed by atoms with Crippen molar-refractivity contribution in [3.05, 3.63) is 53.6 Å². The summed E-state index contributed by atoms with van der Waals surface area (Å²) in [5, 5.41) is 22.1. The number of hydrogen-bond donors (Lipinski definition) is 3. The lowest BCUT2D eigenvalue weighted by Crippen LogP contribution is -2.50. The normalized spacial score (nSPS) is 22.8. The maximum Gasteiger partial charge on any atom is 0.228 e. The number of rotatable bonds is 5. The molecule has 1 atom stereocenters. The third kappa shape index (κ3) is 3.83. The third-order valence-electron chi connectivity index (χ3n) is 4.60. The van der Waals surface area contributed by atoms with Gasteiger partial charge < -0.3 is 25.2 Å². The molecule has 0 aliphatic carbocycles. The van der Waals surface area contributed by atoms with Crippen LogP contribution in [0.15, 0.2) is 42.2 Å². The number of amides is 1. The molecule has 1 amide bonds. The summed E-state index contributed by atoms with van der Waals surface area (Å²) in [5.74, 6) is -0.950. The number of aliphatic hydroxyl groups excluding tert-OH is 1. The maximum atomic E-state index is 13.2. The van der Waals surface area contributed by atoms with Crippen molar-refractivity contribution >= 4 is 5.91 Å². The zero-order valence-corrected chi connectivity index (χ0v) is 13.7. The van der Waals surface area contributed by atoms with Crippen LogP contribution in [0.2, 0.25) is 0 Å². The van der Waals surface area contributed by atoms with Gasteiger partial charge in [-0.25, -0.2) is 4.39 Å². The standard InChI is InChI=1S/C18H21FN2O4/c19-14-1-2-16(23)13(9-14)10-17(24)20-15-3-6-21(7-4-15)18(11-22)5-8-25-12-18/h1-4,6,9,22-23H,5,7-8,10-12H2,(H,20,24). The molecule has 2 aliphatic rings. The van der Waals surface area contributed by atoms with Gasteiger partial charge >= 0.3 is 0 Å². The summed E-state index contributed by atoms with van der Waals surface area (Å²) < 4.78 is 18.6. The third-order valence-corrected chi connectivity index (χ3v) is 4.60. The molecule has 1 aromatic rings. The van der Waals surface area contributed by atoms with Crippen LogP contribution in [0, 0.1) is 5.82 Å². The number of phenolic OH excluding ortho intramolecular Hbond substituents is 1. The van der Waals surface area contributed by atoms with Gasteiger partial charge in [0.1, 0.15) is 11.6 Å². The zero-order chi connectivity index (χ0) is 17.9. The molecular formula is C18H21FN2O4. The van der Waals surface area contributed by atoms with Crippen LogP contribution in [-0.2, 0) is 16.0 Å². The number of halogens is 1. The summed E-state index contributed by atoms with van der Waals surface area (Å²) in [6.07, 6.45) is 6.07. The van der Waals surface area contributed by atoms with E-state index >= 15 is 0 Å². The van der Waals surface area contributed by atoms with Crippen LogP contribution < -0.4 is 5.32 Å². The second-order valence-electron chi connectivity index (χ2n) is 6.31. The van der Waals surface area contributed by atoms with Gasteiger partial charge in [-0.15, -0.1) is 0 Å². The fraction of sp³-hybridized carbons (Fsp3) is 0.389. The molecular weight excluding hydrogens is 327 g/mol. The molecule has 7 heteroatoms. The topological polar surface area (TPSA) is 82.0 Å². The molecule has 1 fully saturated rings. The number of carbonyl (C=O) groups is 1. The summed E-state index contributed by atoms with van der Waals surface area (Å²) in [6, 6.07) is 3.52. The second kappa shape index (κ2) is 7.25. The van der Waals surface area contributed by atoms with Gasteiger partial charge in [-0.05, 0) is 36.8 Å². The molecule has 0 radical (unpaired) electrons. The highest BCUT2D eigenvalue weighted by Gasteiger charge is 2.39. The van der Waals surface area contributed by atoms with E-state index in [4.69, 9.17) is 4.74 Å². The van der Waals surface area contributed by atoms with Crippen LogP contribution in [0.1, 0.15) is 12.0 Å². The molecule has 25 heavy (non-hydrogen) atoms. The number of allylic oxidation sites excluding steroid dienone is 1. The Morgan fingerprint density at radius 3 is 2.92 bits per heavy atom. The molecule has 2 aliphatic heterocycles. The first-order chi connectivity index (χ1) is 12.0. The van der Waals surface area contributed by atoms with Crippen LogP contribution in [0.4, 0.5) is 4.39 Å². The number of carbonyl (C=O) groups excluding carboxylic acids is 1. The largest absolute Gasteiger partial charge is 0.508 e. The number of phenols is 1. The second-order valence-corrected chi connectivity index (χ2v) is 6.31. The SMILES string of the molecule is O=C(Cc1cc(F)ccc1O)NC1=CCN(C2(CO)CCOC2)C=C1. The van der Waals surface area contributed by atoms with Gasteiger partial charge in [0, 0.05) is 30.6 Å². The highest BCUT2D eigenvalue weighted by Crippen LogP contribution is 2.28. The molecule has 0 saturated carbocycles. The summed E-state index contributed by atoms with van der Waals surface area (Å²) in [6.45, 7) is 1.64. The highest BCUT2D eigenvalue weighted by molar-refractivity contribution is 5.81. The molecule has 0 spiro atoms. The molecule has 134 valence electrons. The first-order valence-corrected chi connectivity index (χ1v) is 8.13. The molecule has 0 aromatic heterocycles. The van der Waals surface area contributed by atoms with E-state index in [1.807, 2.05) is 17.2 Å². The van der Waals surface area contributed by atoms with Crippen molar-refractivity contribution in [2.24, 2.45) is 0 Å². The van der Waals surface area contributed by atoms with Crippen LogP contribution in [0.3, 0.4) is 0 Å². The monoisotopic (exact) mass is 348 g/mol. The van der Waals surface area contributed by atoms with E-state index < -0.39 is 11.4 Å². The molecule has 1 unspecified atom stereocenters. The number of hydrogen-bond acceptors (Lipinski definition) is 5. The first-order valence-electron chi connectivity index (χ1n) is 8.13. The summed E-state index contributed by atoms with van der Waals surface area (Å²) in [5.41, 5.74) is 0.460. The van der Waals surface area contributed by atoms with Gasteiger partial charge in [-0.1, -0.05) is 0 Å². The predicted molar refractivity (Wildman–Crippen MR) is 89.1 cm³/mol. The lowest BCUT2D eigenvalue weighted by molar-refractivity contribution is -0.119. The van der Waals surface area contributed by atoms with Crippen LogP contribution in [0.5, 0.6) is 5.75 Å². The lowest BCUT2D eigenvalue weighted by Gasteiger charge is -2.39. The Kier molecular flexibility index (Phi) is 5.06. The molecule has 0 bridgehead atoms. The minimum absolute atomic E-state index is 0.00568. The van der Waals surface area contributed by atoms with Crippen molar-refractivity contribution in [2.45, 2.75) is 18.4 Å². The average Bonchev–Trinajstić information content (AvgIpc) is 3.09. The number of aromatic hydroxyl groups is 1. The van der Waals surface area contributed by atoms with Crippen LogP contribution in [-0.4, -0.2) is 52.9 Å². The average molecular weight is 348 g/mol. The molecule has 3 N–H and O–H groups in total. The van der Waals surface area contributed by atoms with Gasteiger partial charge in [-0.3, -0.25) is 4.79 Å². The number of nitrogens with one attached hydrogen (secondary N) is 1. The molecule has 1 saturated heterocycles. The first kappa shape index (κ1) is 17.4. The molecule has 6 nitrogen and oxygen atoms in total. The Bertz CT molecular complexity index is 711. The quantitative estimate of drug-likeness (QED) is 0.741. The van der Waals surface area contributed by atoms with Crippen molar-refractivity contribution in [3.8, 4) is 5.75 Å². The zero-order valence-electron chi connectivity index (χ0n) is 13.7. The molecule has 2 heterocycles. The van der Waals surface area contributed by atoms with Crippen molar-refractivity contribution in [3.63, 3.8) is 0 Å². The number of ether oxygens (including phenoxy) is 1. The number of aliphatic hydroxyl groups is 1. The fourth-order valence-corrected chi connectivity index (χ4v) is 3.05. The Morgan fingerprint density at radius 1 is 1.44 bits per heavy atom. The van der Waals surface area contributed by atoms with E-state index in [0.717, 1.165) is 18.6 Å².